The van der Waals surface area contributed by atoms with Crippen molar-refractivity contribution in [1.29, 1.82) is 0 Å². The van der Waals surface area contributed by atoms with Gasteiger partial charge in [-0.2, -0.15) is 0 Å². The van der Waals surface area contributed by atoms with Gasteiger partial charge in [-0.25, -0.2) is 0 Å². The molecule has 5 nitrogen and oxygen atoms in total. The predicted octanol–water partition coefficient (Wildman–Crippen LogP) is 0.184. The minimum atomic E-state index is -0.781. The molecular weight excluding hydrogens is 234 g/mol. The number of aliphatic hydroxyl groups is 2. The zero-order valence-corrected chi connectivity index (χ0v) is 10.2. The van der Waals surface area contributed by atoms with E-state index >= 15 is 0 Å². The van der Waals surface area contributed by atoms with Crippen molar-refractivity contribution in [2.24, 2.45) is 0 Å². The van der Waals surface area contributed by atoms with Gasteiger partial charge in [0.2, 0.25) is 5.91 Å². The lowest BCUT2D eigenvalue weighted by molar-refractivity contribution is -0.121. The van der Waals surface area contributed by atoms with Crippen molar-refractivity contribution in [3.8, 4) is 5.75 Å². The van der Waals surface area contributed by atoms with Gasteiger partial charge in [-0.1, -0.05) is 12.1 Å². The van der Waals surface area contributed by atoms with Crippen LogP contribution < -0.4 is 5.32 Å². The zero-order valence-electron chi connectivity index (χ0n) is 10.2. The van der Waals surface area contributed by atoms with E-state index in [4.69, 9.17) is 10.2 Å². The molecule has 0 saturated carbocycles. The second-order valence-electron chi connectivity index (χ2n) is 4.14. The molecule has 0 aliphatic carbocycles. The van der Waals surface area contributed by atoms with E-state index in [2.05, 4.69) is 5.32 Å². The molecule has 4 N–H and O–H groups in total. The fourth-order valence-electron chi connectivity index (χ4n) is 1.53. The third-order valence-corrected chi connectivity index (χ3v) is 2.56. The first kappa shape index (κ1) is 14.5. The van der Waals surface area contributed by atoms with Gasteiger partial charge in [0, 0.05) is 13.0 Å². The molecule has 0 fully saturated rings. The predicted molar refractivity (Wildman–Crippen MR) is 67.1 cm³/mol. The fraction of sp³-hybridized carbons (Fsp3) is 0.462. The Morgan fingerprint density at radius 1 is 1.39 bits per heavy atom. The van der Waals surface area contributed by atoms with E-state index in [0.29, 0.717) is 25.8 Å². The van der Waals surface area contributed by atoms with Crippen molar-refractivity contribution in [2.45, 2.75) is 25.4 Å². The summed E-state index contributed by atoms with van der Waals surface area (Å²) in [6.45, 7) is 0.0553. The standard InChI is InChI=1S/C13H19NO4/c15-9-12(17)6-7-14-13(18)5-4-10-2-1-3-11(16)8-10/h1-3,8,12,15-17H,4-7,9H2,(H,14,18). The Bertz CT molecular complexity index is 381. The van der Waals surface area contributed by atoms with Crippen LogP contribution in [0.25, 0.3) is 0 Å². The van der Waals surface area contributed by atoms with Gasteiger partial charge in [-0.3, -0.25) is 4.79 Å². The molecule has 0 spiro atoms. The molecule has 0 aliphatic heterocycles. The summed E-state index contributed by atoms with van der Waals surface area (Å²) >= 11 is 0. The lowest BCUT2D eigenvalue weighted by atomic mass is 10.1. The van der Waals surface area contributed by atoms with E-state index in [0.717, 1.165) is 5.56 Å². The number of hydrogen-bond donors (Lipinski definition) is 4. The summed E-state index contributed by atoms with van der Waals surface area (Å²) < 4.78 is 0. The Labute approximate surface area is 106 Å². The number of phenolic OH excluding ortho intramolecular Hbond substituents is 1. The van der Waals surface area contributed by atoms with Crippen LogP contribution in [-0.2, 0) is 11.2 Å². The van der Waals surface area contributed by atoms with Crippen LogP contribution in [0.2, 0.25) is 0 Å². The molecule has 1 aromatic rings. The SMILES string of the molecule is O=C(CCc1cccc(O)c1)NCCC(O)CO. The van der Waals surface area contributed by atoms with Crippen LogP contribution >= 0.6 is 0 Å². The number of carbonyl (C=O) groups excluding carboxylic acids is 1. The van der Waals surface area contributed by atoms with E-state index in [1.807, 2.05) is 6.07 Å². The smallest absolute Gasteiger partial charge is 0.220 e. The van der Waals surface area contributed by atoms with Crippen LogP contribution in [0.1, 0.15) is 18.4 Å². The molecule has 0 bridgehead atoms. The summed E-state index contributed by atoms with van der Waals surface area (Å²) in [5.41, 5.74) is 0.903. The van der Waals surface area contributed by atoms with Gasteiger partial charge >= 0.3 is 0 Å². The summed E-state index contributed by atoms with van der Waals surface area (Å²) in [6, 6.07) is 6.80. The van der Waals surface area contributed by atoms with E-state index in [1.165, 1.54) is 0 Å². The monoisotopic (exact) mass is 253 g/mol. The number of benzene rings is 1. The molecule has 0 heterocycles. The lowest BCUT2D eigenvalue weighted by Gasteiger charge is -2.08. The largest absolute Gasteiger partial charge is 0.508 e. The molecule has 1 unspecified atom stereocenters. The molecule has 0 aromatic heterocycles. The molecule has 1 rings (SSSR count). The minimum absolute atomic E-state index is 0.108. The number of aryl methyl sites for hydroxylation is 1. The maximum atomic E-state index is 11.5. The van der Waals surface area contributed by atoms with Gasteiger partial charge in [-0.15, -0.1) is 0 Å². The highest BCUT2D eigenvalue weighted by Gasteiger charge is 2.05. The van der Waals surface area contributed by atoms with Crippen molar-refractivity contribution in [1.82, 2.24) is 5.32 Å². The molecule has 18 heavy (non-hydrogen) atoms. The number of rotatable bonds is 7. The number of amides is 1. The molecule has 1 atom stereocenters. The molecule has 5 heteroatoms. The van der Waals surface area contributed by atoms with Gasteiger partial charge < -0.3 is 20.6 Å². The summed E-state index contributed by atoms with van der Waals surface area (Å²) in [7, 11) is 0. The number of aromatic hydroxyl groups is 1. The summed E-state index contributed by atoms with van der Waals surface area (Å²) in [6.07, 6.45) is 0.451. The van der Waals surface area contributed by atoms with Crippen LogP contribution in [0.15, 0.2) is 24.3 Å². The van der Waals surface area contributed by atoms with E-state index in [1.54, 1.807) is 18.2 Å². The normalized spacial score (nSPS) is 12.1. The minimum Gasteiger partial charge on any atom is -0.508 e. The Balaban J connectivity index is 2.21. The van der Waals surface area contributed by atoms with E-state index in [-0.39, 0.29) is 18.3 Å². The first-order valence-corrected chi connectivity index (χ1v) is 5.95. The third kappa shape index (κ3) is 5.65. The molecule has 0 saturated heterocycles. The topological polar surface area (TPSA) is 89.8 Å². The highest BCUT2D eigenvalue weighted by Crippen LogP contribution is 2.12. The summed E-state index contributed by atoms with van der Waals surface area (Å²) in [5.74, 6) is 0.0856. The van der Waals surface area contributed by atoms with E-state index < -0.39 is 6.10 Å². The third-order valence-electron chi connectivity index (χ3n) is 2.56. The second kappa shape index (κ2) is 7.68. The number of carbonyl (C=O) groups is 1. The zero-order chi connectivity index (χ0) is 13.4. The van der Waals surface area contributed by atoms with Crippen LogP contribution in [0.3, 0.4) is 0 Å². The summed E-state index contributed by atoms with van der Waals surface area (Å²) in [5, 5.41) is 29.6. The Morgan fingerprint density at radius 2 is 2.17 bits per heavy atom. The van der Waals surface area contributed by atoms with Gasteiger partial charge in [0.05, 0.1) is 12.7 Å². The average Bonchev–Trinajstić information content (AvgIpc) is 2.36. The van der Waals surface area contributed by atoms with Crippen molar-refractivity contribution in [2.75, 3.05) is 13.2 Å². The maximum absolute atomic E-state index is 11.5. The highest BCUT2D eigenvalue weighted by atomic mass is 16.3. The first-order valence-electron chi connectivity index (χ1n) is 5.95. The van der Waals surface area contributed by atoms with Crippen molar-refractivity contribution in [3.63, 3.8) is 0 Å². The first-order chi connectivity index (χ1) is 8.61. The van der Waals surface area contributed by atoms with Crippen LogP contribution in [0, 0.1) is 0 Å². The highest BCUT2D eigenvalue weighted by molar-refractivity contribution is 5.76. The van der Waals surface area contributed by atoms with Gasteiger partial charge in [0.25, 0.3) is 0 Å². The molecular formula is C13H19NO4. The summed E-state index contributed by atoms with van der Waals surface area (Å²) in [4.78, 5) is 11.5. The Morgan fingerprint density at radius 3 is 2.83 bits per heavy atom. The van der Waals surface area contributed by atoms with Crippen molar-refractivity contribution < 1.29 is 20.1 Å². The number of hydrogen-bond acceptors (Lipinski definition) is 4. The molecule has 100 valence electrons. The van der Waals surface area contributed by atoms with Crippen molar-refractivity contribution >= 4 is 5.91 Å². The van der Waals surface area contributed by atoms with Gasteiger partial charge in [0.1, 0.15) is 5.75 Å². The van der Waals surface area contributed by atoms with Crippen LogP contribution in [-0.4, -0.2) is 40.5 Å². The molecule has 1 aromatic carbocycles. The van der Waals surface area contributed by atoms with Crippen molar-refractivity contribution in [3.05, 3.63) is 29.8 Å². The number of aliphatic hydroxyl groups excluding tert-OH is 2. The van der Waals surface area contributed by atoms with Gasteiger partial charge in [-0.05, 0) is 30.5 Å². The van der Waals surface area contributed by atoms with Crippen LogP contribution in [0.5, 0.6) is 5.75 Å². The Kier molecular flexibility index (Phi) is 6.18. The second-order valence-corrected chi connectivity index (χ2v) is 4.14. The van der Waals surface area contributed by atoms with Crippen LogP contribution in [0.4, 0.5) is 0 Å². The van der Waals surface area contributed by atoms with E-state index in [9.17, 15) is 9.90 Å². The van der Waals surface area contributed by atoms with Gasteiger partial charge in [0.15, 0.2) is 0 Å². The average molecular weight is 253 g/mol. The molecule has 1 amide bonds. The molecule has 0 radical (unpaired) electrons. The fourth-order valence-corrected chi connectivity index (χ4v) is 1.53. The lowest BCUT2D eigenvalue weighted by Crippen LogP contribution is -2.28. The maximum Gasteiger partial charge on any atom is 0.220 e. The number of nitrogens with one attached hydrogen (secondary N) is 1. The Hall–Kier alpha value is -1.59. The molecule has 0 aliphatic rings. The quantitative estimate of drug-likeness (QED) is 0.558. The number of phenols is 1.